The number of ether oxygens (including phenoxy) is 1. The third-order valence-electron chi connectivity index (χ3n) is 2.90. The lowest BCUT2D eigenvalue weighted by atomic mass is 10.2. The molecule has 4 heteroatoms. The summed E-state index contributed by atoms with van der Waals surface area (Å²) in [5, 5.41) is 2.93. The van der Waals surface area contributed by atoms with Crippen molar-refractivity contribution in [3.05, 3.63) is 21.4 Å². The molecule has 3 nitrogen and oxygen atoms in total. The Hall–Kier alpha value is -0.870. The van der Waals surface area contributed by atoms with Crippen LogP contribution in [0.25, 0.3) is 0 Å². The highest BCUT2D eigenvalue weighted by Gasteiger charge is 2.17. The van der Waals surface area contributed by atoms with E-state index >= 15 is 0 Å². The zero-order valence-corrected chi connectivity index (χ0v) is 10.5. The number of amides is 1. The Morgan fingerprint density at radius 3 is 3.00 bits per heavy atom. The molecule has 0 bridgehead atoms. The Morgan fingerprint density at radius 1 is 1.62 bits per heavy atom. The highest BCUT2D eigenvalue weighted by Crippen LogP contribution is 2.20. The van der Waals surface area contributed by atoms with Crippen LogP contribution in [-0.4, -0.2) is 25.2 Å². The average molecular weight is 239 g/mol. The molecule has 1 fully saturated rings. The van der Waals surface area contributed by atoms with Crippen LogP contribution in [0.3, 0.4) is 0 Å². The van der Waals surface area contributed by atoms with Gasteiger partial charge in [0.25, 0.3) is 5.91 Å². The number of hydrogen-bond acceptors (Lipinski definition) is 3. The molecular weight excluding hydrogens is 222 g/mol. The van der Waals surface area contributed by atoms with Crippen LogP contribution in [0.2, 0.25) is 0 Å². The van der Waals surface area contributed by atoms with Crippen molar-refractivity contribution in [1.29, 1.82) is 0 Å². The molecule has 1 aromatic rings. The second-order valence-electron chi connectivity index (χ2n) is 4.19. The standard InChI is InChI=1S/C12H17NO2S/c1-8-6-11(16-9(8)2)12(14)13-7-10-4-3-5-15-10/h6,10H,3-5,7H2,1-2H3,(H,13,14)/t10-/m1/s1. The highest BCUT2D eigenvalue weighted by atomic mass is 32.1. The van der Waals surface area contributed by atoms with E-state index in [0.29, 0.717) is 6.54 Å². The summed E-state index contributed by atoms with van der Waals surface area (Å²) < 4.78 is 5.46. The van der Waals surface area contributed by atoms with Gasteiger partial charge in [0.05, 0.1) is 11.0 Å². The Kier molecular flexibility index (Phi) is 3.61. The van der Waals surface area contributed by atoms with Crippen molar-refractivity contribution in [3.63, 3.8) is 0 Å². The van der Waals surface area contributed by atoms with Crippen LogP contribution in [0.5, 0.6) is 0 Å². The number of carbonyl (C=O) groups is 1. The number of nitrogens with one attached hydrogen (secondary N) is 1. The van der Waals surface area contributed by atoms with Gasteiger partial charge < -0.3 is 10.1 Å². The predicted octanol–water partition coefficient (Wildman–Crippen LogP) is 2.27. The van der Waals surface area contributed by atoms with Gasteiger partial charge in [-0.05, 0) is 38.3 Å². The van der Waals surface area contributed by atoms with Gasteiger partial charge in [-0.2, -0.15) is 0 Å². The van der Waals surface area contributed by atoms with Crippen molar-refractivity contribution in [2.75, 3.05) is 13.2 Å². The number of hydrogen-bond donors (Lipinski definition) is 1. The second-order valence-corrected chi connectivity index (χ2v) is 5.45. The predicted molar refractivity (Wildman–Crippen MR) is 65.1 cm³/mol. The summed E-state index contributed by atoms with van der Waals surface area (Å²) in [6, 6.07) is 1.95. The van der Waals surface area contributed by atoms with Crippen molar-refractivity contribution in [2.24, 2.45) is 0 Å². The third-order valence-corrected chi connectivity index (χ3v) is 4.06. The Bertz CT molecular complexity index is 361. The van der Waals surface area contributed by atoms with Crippen LogP contribution in [0.1, 0.15) is 33.0 Å². The summed E-state index contributed by atoms with van der Waals surface area (Å²) in [4.78, 5) is 13.8. The molecule has 1 N–H and O–H groups in total. The van der Waals surface area contributed by atoms with Crippen LogP contribution in [0, 0.1) is 13.8 Å². The summed E-state index contributed by atoms with van der Waals surface area (Å²) in [7, 11) is 0. The van der Waals surface area contributed by atoms with Gasteiger partial charge in [-0.25, -0.2) is 0 Å². The van der Waals surface area contributed by atoms with Crippen molar-refractivity contribution < 1.29 is 9.53 Å². The highest BCUT2D eigenvalue weighted by molar-refractivity contribution is 7.14. The van der Waals surface area contributed by atoms with Gasteiger partial charge in [0.2, 0.25) is 0 Å². The van der Waals surface area contributed by atoms with Crippen LogP contribution < -0.4 is 5.32 Å². The van der Waals surface area contributed by atoms with Crippen LogP contribution in [0.15, 0.2) is 6.07 Å². The van der Waals surface area contributed by atoms with E-state index in [1.165, 1.54) is 10.4 Å². The van der Waals surface area contributed by atoms with Crippen molar-refractivity contribution in [3.8, 4) is 0 Å². The van der Waals surface area contributed by atoms with E-state index in [9.17, 15) is 4.79 Å². The van der Waals surface area contributed by atoms with Crippen molar-refractivity contribution >= 4 is 17.2 Å². The Labute approximate surface area is 99.8 Å². The quantitative estimate of drug-likeness (QED) is 0.878. The third kappa shape index (κ3) is 2.62. The largest absolute Gasteiger partial charge is 0.376 e. The zero-order valence-electron chi connectivity index (χ0n) is 9.71. The molecule has 0 aliphatic carbocycles. The van der Waals surface area contributed by atoms with Gasteiger partial charge in [0, 0.05) is 18.0 Å². The fourth-order valence-electron chi connectivity index (χ4n) is 1.78. The van der Waals surface area contributed by atoms with Gasteiger partial charge in [-0.15, -0.1) is 11.3 Å². The normalized spacial score (nSPS) is 20.0. The van der Waals surface area contributed by atoms with E-state index in [-0.39, 0.29) is 12.0 Å². The van der Waals surface area contributed by atoms with E-state index in [0.717, 1.165) is 24.3 Å². The van der Waals surface area contributed by atoms with E-state index in [2.05, 4.69) is 5.32 Å². The molecule has 2 heterocycles. The van der Waals surface area contributed by atoms with Crippen molar-refractivity contribution in [1.82, 2.24) is 5.32 Å². The van der Waals surface area contributed by atoms with E-state index in [1.54, 1.807) is 11.3 Å². The smallest absolute Gasteiger partial charge is 0.261 e. The first kappa shape index (κ1) is 11.6. The van der Waals surface area contributed by atoms with Gasteiger partial charge in [-0.1, -0.05) is 0 Å². The van der Waals surface area contributed by atoms with E-state index in [4.69, 9.17) is 4.74 Å². The maximum atomic E-state index is 11.8. The number of rotatable bonds is 3. The van der Waals surface area contributed by atoms with Crippen LogP contribution in [0.4, 0.5) is 0 Å². The molecule has 0 radical (unpaired) electrons. The molecule has 1 atom stereocenters. The topological polar surface area (TPSA) is 38.3 Å². The van der Waals surface area contributed by atoms with Crippen LogP contribution >= 0.6 is 11.3 Å². The lowest BCUT2D eigenvalue weighted by Crippen LogP contribution is -2.31. The molecule has 0 spiro atoms. The zero-order chi connectivity index (χ0) is 11.5. The molecule has 1 aliphatic rings. The van der Waals surface area contributed by atoms with Gasteiger partial charge in [0.15, 0.2) is 0 Å². The molecule has 0 unspecified atom stereocenters. The molecule has 0 saturated carbocycles. The number of aryl methyl sites for hydroxylation is 2. The summed E-state index contributed by atoms with van der Waals surface area (Å²) in [6.45, 7) is 5.53. The summed E-state index contributed by atoms with van der Waals surface area (Å²) in [5.74, 6) is 0.0247. The lowest BCUT2D eigenvalue weighted by Gasteiger charge is -2.09. The molecule has 2 rings (SSSR count). The molecule has 88 valence electrons. The Balaban J connectivity index is 1.87. The summed E-state index contributed by atoms with van der Waals surface area (Å²) in [6.07, 6.45) is 2.38. The molecule has 1 aliphatic heterocycles. The second kappa shape index (κ2) is 4.97. The molecule has 1 amide bonds. The maximum absolute atomic E-state index is 11.8. The fraction of sp³-hybridized carbons (Fsp3) is 0.583. The lowest BCUT2D eigenvalue weighted by molar-refractivity contribution is 0.0861. The minimum absolute atomic E-state index is 0.0247. The molecular formula is C12H17NO2S. The Morgan fingerprint density at radius 2 is 2.44 bits per heavy atom. The minimum atomic E-state index is 0.0247. The van der Waals surface area contributed by atoms with Gasteiger partial charge >= 0.3 is 0 Å². The minimum Gasteiger partial charge on any atom is -0.376 e. The van der Waals surface area contributed by atoms with Crippen molar-refractivity contribution in [2.45, 2.75) is 32.8 Å². The average Bonchev–Trinajstić information content (AvgIpc) is 2.86. The first-order chi connectivity index (χ1) is 7.66. The molecule has 16 heavy (non-hydrogen) atoms. The molecule has 1 saturated heterocycles. The number of carbonyl (C=O) groups excluding carboxylic acids is 1. The SMILES string of the molecule is Cc1cc(C(=O)NC[C@H]2CCCO2)sc1C. The molecule has 0 aromatic carbocycles. The van der Waals surface area contributed by atoms with Gasteiger partial charge in [0.1, 0.15) is 0 Å². The molecule has 1 aromatic heterocycles. The first-order valence-electron chi connectivity index (χ1n) is 5.63. The van der Waals surface area contributed by atoms with Crippen LogP contribution in [-0.2, 0) is 4.74 Å². The monoisotopic (exact) mass is 239 g/mol. The van der Waals surface area contributed by atoms with Gasteiger partial charge in [-0.3, -0.25) is 4.79 Å². The first-order valence-corrected chi connectivity index (χ1v) is 6.45. The fourth-order valence-corrected chi connectivity index (χ4v) is 2.73. The van der Waals surface area contributed by atoms with E-state index < -0.39 is 0 Å². The van der Waals surface area contributed by atoms with E-state index in [1.807, 2.05) is 19.9 Å². The number of thiophene rings is 1. The summed E-state index contributed by atoms with van der Waals surface area (Å²) >= 11 is 1.55. The summed E-state index contributed by atoms with van der Waals surface area (Å²) in [5.41, 5.74) is 1.19. The maximum Gasteiger partial charge on any atom is 0.261 e.